The zero-order chi connectivity index (χ0) is 14.7. The first kappa shape index (κ1) is 15.5. The van der Waals surface area contributed by atoms with E-state index in [-0.39, 0.29) is 0 Å². The number of hydrogen-bond acceptors (Lipinski definition) is 3. The minimum Gasteiger partial charge on any atom is -0.142 e. The molecule has 112 valence electrons. The Morgan fingerprint density at radius 2 is 1.29 bits per heavy atom. The van der Waals surface area contributed by atoms with Gasteiger partial charge in [-0.25, -0.2) is 0 Å². The summed E-state index contributed by atoms with van der Waals surface area (Å²) in [5.41, 5.74) is 6.08. The SMILES string of the molecule is CC1=CC2SC(Br)C(SC3C4=CC(C)=CC4SC3Br)C2=C1. The summed E-state index contributed by atoms with van der Waals surface area (Å²) in [5, 5.41) is 2.37. The molecule has 0 radical (unpaired) electrons. The number of hydrogen-bond donors (Lipinski definition) is 0. The van der Waals surface area contributed by atoms with Crippen molar-refractivity contribution in [3.63, 3.8) is 0 Å². The summed E-state index contributed by atoms with van der Waals surface area (Å²) in [6.45, 7) is 4.44. The van der Waals surface area contributed by atoms with Crippen LogP contribution in [0.15, 0.2) is 46.6 Å². The van der Waals surface area contributed by atoms with Crippen molar-refractivity contribution in [2.75, 3.05) is 0 Å². The largest absolute Gasteiger partial charge is 0.142 e. The molecule has 0 spiro atoms. The van der Waals surface area contributed by atoms with Gasteiger partial charge in [0, 0.05) is 21.0 Å². The van der Waals surface area contributed by atoms with E-state index in [0.29, 0.717) is 29.3 Å². The van der Waals surface area contributed by atoms with Crippen LogP contribution in [0.4, 0.5) is 0 Å². The van der Waals surface area contributed by atoms with Crippen LogP contribution in [-0.2, 0) is 0 Å². The van der Waals surface area contributed by atoms with Crippen LogP contribution in [0.1, 0.15) is 13.8 Å². The smallest absolute Gasteiger partial charge is 0.0766 e. The van der Waals surface area contributed by atoms with Gasteiger partial charge in [-0.15, -0.1) is 35.3 Å². The number of fused-ring (bicyclic) bond motifs is 2. The standard InChI is InChI=1S/C16H16Br2S3/c1-7-3-9-11(5-7)19-15(17)13(9)21-14-10-4-8(2)6-12(10)20-16(14)18/h3-6,11-16H,1-2H3. The second-order valence-corrected chi connectivity index (χ2v) is 13.0. The highest BCUT2D eigenvalue weighted by atomic mass is 79.9. The van der Waals surface area contributed by atoms with Crippen molar-refractivity contribution in [2.24, 2.45) is 0 Å². The molecule has 6 atom stereocenters. The van der Waals surface area contributed by atoms with Gasteiger partial charge < -0.3 is 0 Å². The Hall–Kier alpha value is 0.970. The first-order valence-electron chi connectivity index (χ1n) is 7.07. The van der Waals surface area contributed by atoms with Crippen molar-refractivity contribution >= 4 is 67.1 Å². The van der Waals surface area contributed by atoms with E-state index in [9.17, 15) is 0 Å². The summed E-state index contributed by atoms with van der Waals surface area (Å²) in [4.78, 5) is 0. The summed E-state index contributed by atoms with van der Waals surface area (Å²) < 4.78 is 1.06. The maximum absolute atomic E-state index is 3.91. The van der Waals surface area contributed by atoms with Crippen molar-refractivity contribution in [3.8, 4) is 0 Å². The number of alkyl halides is 2. The lowest BCUT2D eigenvalue weighted by molar-refractivity contribution is 1.07. The molecule has 2 fully saturated rings. The molecular formula is C16H16Br2S3. The van der Waals surface area contributed by atoms with Crippen molar-refractivity contribution in [1.29, 1.82) is 0 Å². The van der Waals surface area contributed by atoms with Gasteiger partial charge in [-0.1, -0.05) is 67.3 Å². The van der Waals surface area contributed by atoms with Gasteiger partial charge in [0.25, 0.3) is 0 Å². The number of thioether (sulfide) groups is 3. The highest BCUT2D eigenvalue weighted by molar-refractivity contribution is 9.11. The fourth-order valence-corrected chi connectivity index (χ4v) is 10.8. The van der Waals surface area contributed by atoms with Crippen LogP contribution in [0.25, 0.3) is 0 Å². The monoisotopic (exact) mass is 462 g/mol. The molecule has 6 unspecified atom stereocenters. The fourth-order valence-electron chi connectivity index (χ4n) is 3.34. The second-order valence-electron chi connectivity index (χ2n) is 5.90. The minimum atomic E-state index is 0.530. The van der Waals surface area contributed by atoms with Gasteiger partial charge in [-0.3, -0.25) is 0 Å². The second kappa shape index (κ2) is 5.80. The van der Waals surface area contributed by atoms with Crippen LogP contribution in [0, 0.1) is 0 Å². The van der Waals surface area contributed by atoms with Gasteiger partial charge in [0.05, 0.1) is 8.32 Å². The highest BCUT2D eigenvalue weighted by Gasteiger charge is 2.46. The van der Waals surface area contributed by atoms with E-state index in [1.165, 1.54) is 11.1 Å². The Morgan fingerprint density at radius 1 is 0.857 bits per heavy atom. The van der Waals surface area contributed by atoms with Crippen LogP contribution < -0.4 is 0 Å². The van der Waals surface area contributed by atoms with E-state index in [4.69, 9.17) is 0 Å². The molecule has 0 aromatic heterocycles. The first-order valence-corrected chi connectivity index (χ1v) is 11.7. The molecule has 4 rings (SSSR count). The van der Waals surface area contributed by atoms with E-state index in [0.717, 1.165) is 0 Å². The zero-order valence-corrected chi connectivity index (χ0v) is 17.4. The first-order chi connectivity index (χ1) is 10.0. The summed E-state index contributed by atoms with van der Waals surface area (Å²) in [5.74, 6) is 0. The lowest BCUT2D eigenvalue weighted by Crippen LogP contribution is -2.20. The van der Waals surface area contributed by atoms with Crippen LogP contribution in [0.2, 0.25) is 0 Å². The number of halogens is 2. The molecule has 2 aliphatic heterocycles. The molecule has 2 heterocycles. The lowest BCUT2D eigenvalue weighted by Gasteiger charge is -2.22. The fraction of sp³-hybridized carbons (Fsp3) is 0.500. The predicted molar refractivity (Wildman–Crippen MR) is 107 cm³/mol. The van der Waals surface area contributed by atoms with Crippen LogP contribution >= 0.6 is 67.1 Å². The van der Waals surface area contributed by atoms with Gasteiger partial charge in [-0.2, -0.15) is 0 Å². The average Bonchev–Trinajstić information content (AvgIpc) is 3.06. The molecule has 21 heavy (non-hydrogen) atoms. The molecule has 0 aromatic rings. The van der Waals surface area contributed by atoms with Crippen LogP contribution in [0.3, 0.4) is 0 Å². The van der Waals surface area contributed by atoms with Gasteiger partial charge in [0.2, 0.25) is 0 Å². The van der Waals surface area contributed by atoms with Gasteiger partial charge in [0.15, 0.2) is 0 Å². The predicted octanol–water partition coefficient (Wildman–Crippen LogP) is 5.90. The van der Waals surface area contributed by atoms with Crippen LogP contribution in [-0.4, -0.2) is 29.3 Å². The van der Waals surface area contributed by atoms with E-state index >= 15 is 0 Å². The van der Waals surface area contributed by atoms with Gasteiger partial charge >= 0.3 is 0 Å². The minimum absolute atomic E-state index is 0.530. The van der Waals surface area contributed by atoms with Crippen molar-refractivity contribution in [1.82, 2.24) is 0 Å². The van der Waals surface area contributed by atoms with Crippen molar-refractivity contribution in [3.05, 3.63) is 46.6 Å². The topological polar surface area (TPSA) is 0 Å². The third-order valence-electron chi connectivity index (χ3n) is 4.25. The molecule has 4 aliphatic rings. The molecule has 0 N–H and O–H groups in total. The molecular weight excluding hydrogens is 448 g/mol. The van der Waals surface area contributed by atoms with Gasteiger partial charge in [-0.05, 0) is 25.0 Å². The Labute approximate surface area is 156 Å². The maximum Gasteiger partial charge on any atom is 0.0766 e. The highest BCUT2D eigenvalue weighted by Crippen LogP contribution is 2.57. The molecule has 5 heteroatoms. The van der Waals surface area contributed by atoms with Crippen molar-refractivity contribution in [2.45, 2.75) is 43.2 Å². The Bertz CT molecular complexity index is 553. The van der Waals surface area contributed by atoms with E-state index in [1.807, 2.05) is 0 Å². The molecule has 0 bridgehead atoms. The quantitative estimate of drug-likeness (QED) is 0.467. The van der Waals surface area contributed by atoms with E-state index in [2.05, 4.69) is 105 Å². The molecule has 0 amide bonds. The third-order valence-corrected chi connectivity index (χ3v) is 11.8. The van der Waals surface area contributed by atoms with Gasteiger partial charge in [0.1, 0.15) is 0 Å². The Morgan fingerprint density at radius 3 is 1.71 bits per heavy atom. The average molecular weight is 464 g/mol. The summed E-state index contributed by atoms with van der Waals surface area (Å²) in [6, 6.07) is 0. The third kappa shape index (κ3) is 2.69. The van der Waals surface area contributed by atoms with Crippen LogP contribution in [0.5, 0.6) is 0 Å². The Balaban J connectivity index is 1.56. The molecule has 2 saturated heterocycles. The normalized spacial score (nSPS) is 44.2. The van der Waals surface area contributed by atoms with Crippen molar-refractivity contribution < 1.29 is 0 Å². The summed E-state index contributed by atoms with van der Waals surface area (Å²) in [7, 11) is 0. The Kier molecular flexibility index (Phi) is 4.28. The summed E-state index contributed by atoms with van der Waals surface area (Å²) in [6.07, 6.45) is 9.64. The maximum atomic E-state index is 3.91. The number of rotatable bonds is 2. The summed E-state index contributed by atoms with van der Waals surface area (Å²) >= 11 is 14.1. The molecule has 2 aliphatic carbocycles. The number of allylic oxidation sites excluding steroid dienone is 4. The molecule has 0 aromatic carbocycles. The molecule has 0 saturated carbocycles. The van der Waals surface area contributed by atoms with E-state index < -0.39 is 0 Å². The van der Waals surface area contributed by atoms with E-state index in [1.54, 1.807) is 11.1 Å². The zero-order valence-electron chi connectivity index (χ0n) is 11.8. The molecule has 0 nitrogen and oxygen atoms in total. The lowest BCUT2D eigenvalue weighted by atomic mass is 10.2.